The maximum Gasteiger partial charge on any atom is 0.145 e. The summed E-state index contributed by atoms with van der Waals surface area (Å²) in [6.07, 6.45) is 3.77. The Hall–Kier alpha value is -6.78. The van der Waals surface area contributed by atoms with Crippen LogP contribution in [0.25, 0.3) is 99.8 Å². The van der Waals surface area contributed by atoms with Crippen LogP contribution in [0.2, 0.25) is 0 Å². The van der Waals surface area contributed by atoms with Gasteiger partial charge in [0.2, 0.25) is 0 Å². The van der Waals surface area contributed by atoms with Gasteiger partial charge in [0.05, 0.1) is 11.0 Å². The van der Waals surface area contributed by atoms with Gasteiger partial charge in [-0.1, -0.05) is 97.1 Å². The van der Waals surface area contributed by atoms with Gasteiger partial charge in [-0.2, -0.15) is 0 Å². The van der Waals surface area contributed by atoms with E-state index >= 15 is 0 Å². The Balaban J connectivity index is 1.18. The highest BCUT2D eigenvalue weighted by atomic mass is 15.1. The molecule has 1 aliphatic carbocycles. The summed E-state index contributed by atoms with van der Waals surface area (Å²) in [7, 11) is 0. The van der Waals surface area contributed by atoms with Gasteiger partial charge < -0.3 is 0 Å². The third-order valence-electron chi connectivity index (χ3n) is 10.4. The number of benzene rings is 6. The van der Waals surface area contributed by atoms with E-state index < -0.39 is 0 Å². The first-order chi connectivity index (χ1) is 24.8. The van der Waals surface area contributed by atoms with Crippen LogP contribution >= 0.6 is 0 Å². The van der Waals surface area contributed by atoms with E-state index in [1.165, 1.54) is 49.9 Å². The number of hydrogen-bond donors (Lipinski definition) is 0. The van der Waals surface area contributed by atoms with Crippen LogP contribution in [-0.2, 0) is 0 Å². The lowest BCUT2D eigenvalue weighted by atomic mass is 9.81. The largest absolute Gasteiger partial charge is 0.294 e. The van der Waals surface area contributed by atoms with Crippen LogP contribution in [0, 0.1) is 0 Å². The quantitative estimate of drug-likeness (QED) is 0.189. The van der Waals surface area contributed by atoms with Crippen molar-refractivity contribution in [3.05, 3.63) is 170 Å². The van der Waals surface area contributed by atoms with Crippen LogP contribution in [0.5, 0.6) is 0 Å². The molecule has 0 amide bonds. The predicted octanol–water partition coefficient (Wildman–Crippen LogP) is 11.7. The highest BCUT2D eigenvalue weighted by Gasteiger charge is 2.23. The SMILES string of the molecule is c1ccc2c(c1)-c1ccccc1-c1ccc(-n3c4ccc(-n5c6ccccc6c6cccnc65)cc4c4cccnc43)cc1-c1ccccc1-2. The Morgan fingerprint density at radius 2 is 0.720 bits per heavy atom. The van der Waals surface area contributed by atoms with E-state index in [0.29, 0.717) is 0 Å². The van der Waals surface area contributed by atoms with Crippen LogP contribution in [0.1, 0.15) is 0 Å². The Morgan fingerprint density at radius 1 is 0.300 bits per heavy atom. The minimum Gasteiger partial charge on any atom is -0.294 e. The van der Waals surface area contributed by atoms with Crippen LogP contribution in [0.3, 0.4) is 0 Å². The molecule has 11 rings (SSSR count). The molecule has 6 aromatic carbocycles. The molecular weight excluding hydrogens is 609 g/mol. The second kappa shape index (κ2) is 10.4. The second-order valence-electron chi connectivity index (χ2n) is 13.0. The van der Waals surface area contributed by atoms with Gasteiger partial charge in [-0.15, -0.1) is 0 Å². The summed E-state index contributed by atoms with van der Waals surface area (Å²) in [5.41, 5.74) is 16.2. The normalized spacial score (nSPS) is 12.0. The van der Waals surface area contributed by atoms with Crippen molar-refractivity contribution in [1.82, 2.24) is 19.1 Å². The summed E-state index contributed by atoms with van der Waals surface area (Å²) < 4.78 is 4.60. The number of nitrogens with zero attached hydrogens (tertiary/aromatic N) is 4. The highest BCUT2D eigenvalue weighted by Crippen LogP contribution is 2.48. The minimum absolute atomic E-state index is 0.935. The van der Waals surface area contributed by atoms with E-state index in [-0.39, 0.29) is 0 Å². The van der Waals surface area contributed by atoms with E-state index in [0.717, 1.165) is 49.9 Å². The van der Waals surface area contributed by atoms with Crippen molar-refractivity contribution in [2.45, 2.75) is 0 Å². The van der Waals surface area contributed by atoms with Gasteiger partial charge in [0.25, 0.3) is 0 Å². The van der Waals surface area contributed by atoms with E-state index in [1.807, 2.05) is 24.5 Å². The van der Waals surface area contributed by atoms with Crippen molar-refractivity contribution in [3.8, 4) is 55.9 Å². The first-order valence-corrected chi connectivity index (χ1v) is 17.0. The molecule has 1 aliphatic rings. The molecule has 0 spiro atoms. The fourth-order valence-corrected chi connectivity index (χ4v) is 8.28. The van der Waals surface area contributed by atoms with E-state index in [4.69, 9.17) is 9.97 Å². The van der Waals surface area contributed by atoms with Gasteiger partial charge in [-0.3, -0.25) is 9.13 Å². The Bertz CT molecular complexity index is 2940. The molecule has 0 aliphatic heterocycles. The molecule has 4 nitrogen and oxygen atoms in total. The first-order valence-electron chi connectivity index (χ1n) is 17.0. The van der Waals surface area contributed by atoms with Gasteiger partial charge in [0.15, 0.2) is 0 Å². The first kappa shape index (κ1) is 27.2. The number of fused-ring (bicyclic) bond motifs is 14. The molecular formula is C46H28N4. The van der Waals surface area contributed by atoms with E-state index in [9.17, 15) is 0 Å². The summed E-state index contributed by atoms with van der Waals surface area (Å²) in [5.74, 6) is 0. The van der Waals surface area contributed by atoms with Gasteiger partial charge >= 0.3 is 0 Å². The van der Waals surface area contributed by atoms with Crippen molar-refractivity contribution in [2.75, 3.05) is 0 Å². The Labute approximate surface area is 288 Å². The molecule has 0 saturated heterocycles. The molecule has 0 saturated carbocycles. The summed E-state index contributed by atoms with van der Waals surface area (Å²) in [6.45, 7) is 0. The summed E-state index contributed by atoms with van der Waals surface area (Å²) in [5, 5.41) is 4.62. The average Bonchev–Trinajstić information content (AvgIpc) is 3.70. The van der Waals surface area contributed by atoms with Crippen molar-refractivity contribution in [1.29, 1.82) is 0 Å². The molecule has 4 heterocycles. The second-order valence-corrected chi connectivity index (χ2v) is 13.0. The lowest BCUT2D eigenvalue weighted by Crippen LogP contribution is -2.00. The molecule has 0 radical (unpaired) electrons. The fourth-order valence-electron chi connectivity index (χ4n) is 8.28. The van der Waals surface area contributed by atoms with Gasteiger partial charge in [-0.25, -0.2) is 9.97 Å². The summed E-state index contributed by atoms with van der Waals surface area (Å²) in [6, 6.07) is 57.0. The van der Waals surface area contributed by atoms with Crippen LogP contribution in [0.15, 0.2) is 170 Å². The molecule has 0 N–H and O–H groups in total. The Morgan fingerprint density at radius 3 is 1.32 bits per heavy atom. The summed E-state index contributed by atoms with van der Waals surface area (Å²) >= 11 is 0. The molecule has 10 aromatic rings. The molecule has 232 valence electrons. The van der Waals surface area contributed by atoms with Crippen molar-refractivity contribution in [3.63, 3.8) is 0 Å². The number of rotatable bonds is 2. The number of hydrogen-bond acceptors (Lipinski definition) is 2. The van der Waals surface area contributed by atoms with Crippen LogP contribution in [-0.4, -0.2) is 19.1 Å². The standard InChI is InChI=1S/C46H28N4/c1-2-12-32-31(11-1)33-13-3-4-15-35(33)37-23-21-29(27-41(37)36-16-6-5-14-34(32)36)50-44-24-22-30(28-42(44)40-19-10-26-48-46(40)50)49-43-20-8-7-17-38(43)39-18-9-25-47-45(39)49/h1-28H. The number of para-hydroxylation sites is 1. The van der Waals surface area contributed by atoms with E-state index in [1.54, 1.807) is 0 Å². The predicted molar refractivity (Wildman–Crippen MR) is 206 cm³/mol. The summed E-state index contributed by atoms with van der Waals surface area (Å²) in [4.78, 5) is 9.83. The zero-order chi connectivity index (χ0) is 32.8. The van der Waals surface area contributed by atoms with Crippen molar-refractivity contribution < 1.29 is 0 Å². The fraction of sp³-hybridized carbons (Fsp3) is 0. The highest BCUT2D eigenvalue weighted by molar-refractivity contribution is 6.11. The monoisotopic (exact) mass is 636 g/mol. The topological polar surface area (TPSA) is 35.6 Å². The van der Waals surface area contributed by atoms with E-state index in [2.05, 4.69) is 155 Å². The molecule has 0 fully saturated rings. The Kier molecular flexibility index (Phi) is 5.63. The molecule has 50 heavy (non-hydrogen) atoms. The van der Waals surface area contributed by atoms with Crippen molar-refractivity contribution in [2.24, 2.45) is 0 Å². The smallest absolute Gasteiger partial charge is 0.145 e. The lowest BCUT2D eigenvalue weighted by molar-refractivity contribution is 1.12. The third kappa shape index (κ3) is 3.76. The van der Waals surface area contributed by atoms with Gasteiger partial charge in [-0.05, 0) is 105 Å². The number of pyridine rings is 2. The molecule has 0 bridgehead atoms. The molecule has 0 unspecified atom stereocenters. The zero-order valence-corrected chi connectivity index (χ0v) is 27.0. The van der Waals surface area contributed by atoms with Crippen molar-refractivity contribution >= 4 is 43.9 Å². The minimum atomic E-state index is 0.935. The maximum absolute atomic E-state index is 4.99. The third-order valence-corrected chi connectivity index (χ3v) is 10.4. The van der Waals surface area contributed by atoms with Gasteiger partial charge in [0.1, 0.15) is 11.3 Å². The number of aromatic nitrogens is 4. The molecule has 0 atom stereocenters. The lowest BCUT2D eigenvalue weighted by Gasteiger charge is -2.23. The maximum atomic E-state index is 4.99. The molecule has 4 heteroatoms. The van der Waals surface area contributed by atoms with Gasteiger partial charge in [0, 0.05) is 45.3 Å². The average molecular weight is 637 g/mol. The molecule has 4 aromatic heterocycles. The zero-order valence-electron chi connectivity index (χ0n) is 27.0. The van der Waals surface area contributed by atoms with Crippen LogP contribution < -0.4 is 0 Å². The van der Waals surface area contributed by atoms with Crippen LogP contribution in [0.4, 0.5) is 0 Å².